The van der Waals surface area contributed by atoms with E-state index in [1.165, 1.54) is 0 Å². The molecule has 18 heavy (non-hydrogen) atoms. The number of halogens is 2. The topological polar surface area (TPSA) is 49.8 Å². The lowest BCUT2D eigenvalue weighted by Gasteiger charge is -2.07. The summed E-state index contributed by atoms with van der Waals surface area (Å²) in [4.78, 5) is 8.43. The van der Waals surface area contributed by atoms with Gasteiger partial charge in [-0.3, -0.25) is 0 Å². The highest BCUT2D eigenvalue weighted by Gasteiger charge is 2.02. The Morgan fingerprint density at radius 3 is 2.56 bits per heavy atom. The molecule has 0 saturated carbocycles. The van der Waals surface area contributed by atoms with Gasteiger partial charge in [-0.25, -0.2) is 4.98 Å². The van der Waals surface area contributed by atoms with Crippen molar-refractivity contribution in [2.45, 2.75) is 6.92 Å². The minimum Gasteiger partial charge on any atom is -0.370 e. The molecule has 1 aromatic carbocycles. The molecule has 2 N–H and O–H groups in total. The van der Waals surface area contributed by atoms with Crippen LogP contribution >= 0.6 is 23.2 Å². The van der Waals surface area contributed by atoms with Gasteiger partial charge in [-0.1, -0.05) is 23.2 Å². The van der Waals surface area contributed by atoms with E-state index >= 15 is 0 Å². The summed E-state index contributed by atoms with van der Waals surface area (Å²) in [7, 11) is 0. The molecule has 0 saturated heterocycles. The molecule has 0 spiro atoms. The predicted molar refractivity (Wildman–Crippen MR) is 75.9 cm³/mol. The Morgan fingerprint density at radius 1 is 1.17 bits per heavy atom. The standard InChI is InChI=1S/C12H12Cl2N4/c1-2-15-11-3-4-16-12(18-11)17-10-6-8(13)5-9(14)7-10/h3-7H,2H2,1H3,(H2,15,16,17,18). The molecule has 6 heteroatoms. The SMILES string of the molecule is CCNc1ccnc(Nc2cc(Cl)cc(Cl)c2)n1. The predicted octanol–water partition coefficient (Wildman–Crippen LogP) is 3.96. The smallest absolute Gasteiger partial charge is 0.229 e. The molecule has 0 amide bonds. The quantitative estimate of drug-likeness (QED) is 0.891. The van der Waals surface area contributed by atoms with E-state index in [-0.39, 0.29) is 0 Å². The lowest BCUT2D eigenvalue weighted by molar-refractivity contribution is 1.11. The maximum atomic E-state index is 5.92. The second-order valence-electron chi connectivity index (χ2n) is 3.58. The van der Waals surface area contributed by atoms with E-state index in [0.29, 0.717) is 16.0 Å². The third kappa shape index (κ3) is 3.48. The summed E-state index contributed by atoms with van der Waals surface area (Å²) in [6.45, 7) is 2.81. The van der Waals surface area contributed by atoms with Crippen LogP contribution in [0.2, 0.25) is 10.0 Å². The van der Waals surface area contributed by atoms with Crippen molar-refractivity contribution in [1.82, 2.24) is 9.97 Å². The molecule has 1 heterocycles. The van der Waals surface area contributed by atoms with Crippen LogP contribution in [0.5, 0.6) is 0 Å². The van der Waals surface area contributed by atoms with Gasteiger partial charge in [0.25, 0.3) is 0 Å². The number of benzene rings is 1. The zero-order valence-electron chi connectivity index (χ0n) is 9.74. The van der Waals surface area contributed by atoms with Crippen molar-refractivity contribution in [1.29, 1.82) is 0 Å². The Morgan fingerprint density at radius 2 is 1.89 bits per heavy atom. The van der Waals surface area contributed by atoms with Crippen molar-refractivity contribution in [3.63, 3.8) is 0 Å². The number of aromatic nitrogens is 2. The molecule has 0 aliphatic carbocycles. The highest BCUT2D eigenvalue weighted by Crippen LogP contribution is 2.24. The van der Waals surface area contributed by atoms with E-state index in [1.54, 1.807) is 30.5 Å². The van der Waals surface area contributed by atoms with Crippen molar-refractivity contribution in [2.75, 3.05) is 17.2 Å². The zero-order valence-corrected chi connectivity index (χ0v) is 11.3. The van der Waals surface area contributed by atoms with Crippen LogP contribution in [0, 0.1) is 0 Å². The van der Waals surface area contributed by atoms with Crippen LogP contribution in [0.1, 0.15) is 6.92 Å². The Hall–Kier alpha value is -1.52. The molecule has 0 atom stereocenters. The fraction of sp³-hybridized carbons (Fsp3) is 0.167. The second kappa shape index (κ2) is 5.89. The summed E-state index contributed by atoms with van der Waals surface area (Å²) >= 11 is 11.8. The number of hydrogen-bond acceptors (Lipinski definition) is 4. The third-order valence-electron chi connectivity index (χ3n) is 2.13. The molecular formula is C12H12Cl2N4. The number of rotatable bonds is 4. The third-order valence-corrected chi connectivity index (χ3v) is 2.57. The van der Waals surface area contributed by atoms with Gasteiger partial charge >= 0.3 is 0 Å². The highest BCUT2D eigenvalue weighted by molar-refractivity contribution is 6.35. The molecule has 0 aliphatic rings. The van der Waals surface area contributed by atoms with Crippen molar-refractivity contribution in [2.24, 2.45) is 0 Å². The van der Waals surface area contributed by atoms with Crippen LogP contribution in [0.15, 0.2) is 30.5 Å². The maximum Gasteiger partial charge on any atom is 0.229 e. The fourth-order valence-electron chi connectivity index (χ4n) is 1.45. The number of hydrogen-bond donors (Lipinski definition) is 2. The van der Waals surface area contributed by atoms with Gasteiger partial charge in [-0.2, -0.15) is 4.98 Å². The molecule has 2 rings (SSSR count). The van der Waals surface area contributed by atoms with Gasteiger partial charge in [0, 0.05) is 28.5 Å². The van der Waals surface area contributed by atoms with Gasteiger partial charge in [0.15, 0.2) is 0 Å². The van der Waals surface area contributed by atoms with Crippen LogP contribution in [0.3, 0.4) is 0 Å². The number of nitrogens with one attached hydrogen (secondary N) is 2. The van der Waals surface area contributed by atoms with Gasteiger partial charge in [-0.15, -0.1) is 0 Å². The Labute approximate surface area is 115 Å². The maximum absolute atomic E-state index is 5.92. The zero-order chi connectivity index (χ0) is 13.0. The monoisotopic (exact) mass is 282 g/mol. The van der Waals surface area contributed by atoms with Crippen molar-refractivity contribution >= 4 is 40.7 Å². The largest absolute Gasteiger partial charge is 0.370 e. The Balaban J connectivity index is 2.20. The number of nitrogens with zero attached hydrogens (tertiary/aromatic N) is 2. The summed E-state index contributed by atoms with van der Waals surface area (Å²) in [5.41, 5.74) is 0.751. The van der Waals surface area contributed by atoms with Gasteiger partial charge in [0.1, 0.15) is 5.82 Å². The highest BCUT2D eigenvalue weighted by atomic mass is 35.5. The second-order valence-corrected chi connectivity index (χ2v) is 4.45. The lowest BCUT2D eigenvalue weighted by Crippen LogP contribution is -2.03. The van der Waals surface area contributed by atoms with Crippen LogP contribution in [0.4, 0.5) is 17.5 Å². The van der Waals surface area contributed by atoms with E-state index in [0.717, 1.165) is 18.1 Å². The summed E-state index contributed by atoms with van der Waals surface area (Å²) in [6, 6.07) is 7.00. The first-order chi connectivity index (χ1) is 8.67. The first kappa shape index (κ1) is 12.9. The lowest BCUT2D eigenvalue weighted by atomic mass is 10.3. The molecule has 0 radical (unpaired) electrons. The minimum atomic E-state index is 0.492. The molecule has 2 aromatic rings. The summed E-state index contributed by atoms with van der Waals surface area (Å²) < 4.78 is 0. The summed E-state index contributed by atoms with van der Waals surface area (Å²) in [5, 5.41) is 7.29. The number of anilines is 3. The van der Waals surface area contributed by atoms with Gasteiger partial charge in [0.2, 0.25) is 5.95 Å². The molecule has 1 aromatic heterocycles. The summed E-state index contributed by atoms with van der Waals surface area (Å²) in [5.74, 6) is 1.26. The normalized spacial score (nSPS) is 10.2. The van der Waals surface area contributed by atoms with E-state index < -0.39 is 0 Å². The molecule has 94 valence electrons. The average Bonchev–Trinajstić information content (AvgIpc) is 2.28. The Bertz CT molecular complexity index is 525. The molecule has 0 fully saturated rings. The molecule has 0 aliphatic heterocycles. The Kier molecular flexibility index (Phi) is 4.23. The van der Waals surface area contributed by atoms with E-state index in [9.17, 15) is 0 Å². The van der Waals surface area contributed by atoms with Crippen LogP contribution < -0.4 is 10.6 Å². The first-order valence-corrected chi connectivity index (χ1v) is 6.23. The van der Waals surface area contributed by atoms with Gasteiger partial charge in [0.05, 0.1) is 0 Å². The van der Waals surface area contributed by atoms with Gasteiger partial charge in [-0.05, 0) is 31.2 Å². The molecule has 0 bridgehead atoms. The average molecular weight is 283 g/mol. The molecular weight excluding hydrogens is 271 g/mol. The fourth-order valence-corrected chi connectivity index (χ4v) is 1.98. The van der Waals surface area contributed by atoms with Crippen molar-refractivity contribution < 1.29 is 0 Å². The minimum absolute atomic E-state index is 0.492. The van der Waals surface area contributed by atoms with Crippen LogP contribution in [-0.4, -0.2) is 16.5 Å². The van der Waals surface area contributed by atoms with E-state index in [4.69, 9.17) is 23.2 Å². The van der Waals surface area contributed by atoms with Crippen molar-refractivity contribution in [3.05, 3.63) is 40.5 Å². The van der Waals surface area contributed by atoms with Crippen LogP contribution in [-0.2, 0) is 0 Å². The van der Waals surface area contributed by atoms with Crippen molar-refractivity contribution in [3.8, 4) is 0 Å². The van der Waals surface area contributed by atoms with E-state index in [2.05, 4.69) is 20.6 Å². The first-order valence-electron chi connectivity index (χ1n) is 5.47. The summed E-state index contributed by atoms with van der Waals surface area (Å²) in [6.07, 6.45) is 1.68. The molecule has 4 nitrogen and oxygen atoms in total. The van der Waals surface area contributed by atoms with Crippen LogP contribution in [0.25, 0.3) is 0 Å². The van der Waals surface area contributed by atoms with Gasteiger partial charge < -0.3 is 10.6 Å². The molecule has 0 unspecified atom stereocenters. The van der Waals surface area contributed by atoms with E-state index in [1.807, 2.05) is 6.92 Å².